The maximum atomic E-state index is 13.1. The van der Waals surface area contributed by atoms with Crippen LogP contribution in [0.5, 0.6) is 0 Å². The number of carboxylic acids is 1. The van der Waals surface area contributed by atoms with E-state index in [1.807, 2.05) is 11.0 Å². The number of aliphatic carboxylic acids is 1. The van der Waals surface area contributed by atoms with Crippen LogP contribution < -0.4 is 0 Å². The number of nitrogens with zero attached hydrogens (tertiary/aromatic N) is 1. The van der Waals surface area contributed by atoms with Gasteiger partial charge in [-0.15, -0.1) is 0 Å². The van der Waals surface area contributed by atoms with Crippen molar-refractivity contribution >= 4 is 5.97 Å². The van der Waals surface area contributed by atoms with Crippen LogP contribution in [0.2, 0.25) is 0 Å². The molecule has 0 spiro atoms. The molecule has 1 saturated heterocycles. The molecule has 19 heavy (non-hydrogen) atoms. The Hall–Kier alpha value is -1.46. The summed E-state index contributed by atoms with van der Waals surface area (Å²) in [6.07, 6.45) is 0.702. The number of hydrogen-bond acceptors (Lipinski definition) is 3. The molecule has 1 aliphatic rings. The summed E-state index contributed by atoms with van der Waals surface area (Å²) in [5.74, 6) is -0.871. The van der Waals surface area contributed by atoms with Gasteiger partial charge in [-0.05, 0) is 30.0 Å². The summed E-state index contributed by atoms with van der Waals surface area (Å²) in [4.78, 5) is 12.6. The average Bonchev–Trinajstić information content (AvgIpc) is 2.53. The second-order valence-corrected chi connectivity index (χ2v) is 4.90. The molecule has 1 N–H and O–H groups in total. The summed E-state index contributed by atoms with van der Waals surface area (Å²) in [5.41, 5.74) is 0.922. The minimum atomic E-state index is -0.827. The van der Waals surface area contributed by atoms with Gasteiger partial charge >= 0.3 is 5.97 Å². The fourth-order valence-electron chi connectivity index (χ4n) is 2.41. The van der Waals surface area contributed by atoms with Crippen molar-refractivity contribution in [1.82, 2.24) is 4.90 Å². The molecular formula is C14H18FNO3. The van der Waals surface area contributed by atoms with Crippen LogP contribution in [0.15, 0.2) is 24.3 Å². The Morgan fingerprint density at radius 1 is 1.53 bits per heavy atom. The molecule has 1 aromatic rings. The molecule has 104 valence electrons. The maximum absolute atomic E-state index is 13.1. The lowest BCUT2D eigenvalue weighted by atomic mass is 9.99. The van der Waals surface area contributed by atoms with Crippen LogP contribution in [0.1, 0.15) is 5.56 Å². The first-order chi connectivity index (χ1) is 9.13. The highest BCUT2D eigenvalue weighted by Gasteiger charge is 2.20. The molecule has 1 heterocycles. The van der Waals surface area contributed by atoms with E-state index in [0.29, 0.717) is 32.7 Å². The minimum absolute atomic E-state index is 0.0308. The van der Waals surface area contributed by atoms with Gasteiger partial charge in [-0.3, -0.25) is 9.69 Å². The summed E-state index contributed by atoms with van der Waals surface area (Å²) in [6.45, 7) is 2.47. The molecule has 0 radical (unpaired) electrons. The van der Waals surface area contributed by atoms with Crippen molar-refractivity contribution in [2.75, 3.05) is 32.8 Å². The summed E-state index contributed by atoms with van der Waals surface area (Å²) in [6, 6.07) is 6.52. The molecule has 2 rings (SSSR count). The van der Waals surface area contributed by atoms with Gasteiger partial charge in [-0.25, -0.2) is 4.39 Å². The second kappa shape index (κ2) is 6.63. The Balaban J connectivity index is 1.96. The molecule has 0 aliphatic carbocycles. The van der Waals surface area contributed by atoms with Crippen molar-refractivity contribution in [1.29, 1.82) is 0 Å². The van der Waals surface area contributed by atoms with Gasteiger partial charge in [0.05, 0.1) is 19.8 Å². The maximum Gasteiger partial charge on any atom is 0.317 e. The zero-order chi connectivity index (χ0) is 13.7. The molecule has 5 heteroatoms. The number of benzene rings is 1. The Kier molecular flexibility index (Phi) is 4.87. The summed E-state index contributed by atoms with van der Waals surface area (Å²) in [7, 11) is 0. The predicted molar refractivity (Wildman–Crippen MR) is 68.5 cm³/mol. The highest BCUT2D eigenvalue weighted by atomic mass is 19.1. The zero-order valence-corrected chi connectivity index (χ0v) is 10.7. The number of halogens is 1. The number of ether oxygens (including phenoxy) is 1. The number of carboxylic acid groups (broad SMARTS) is 1. The van der Waals surface area contributed by atoms with E-state index in [1.165, 1.54) is 12.1 Å². The number of hydrogen-bond donors (Lipinski definition) is 1. The van der Waals surface area contributed by atoms with E-state index in [4.69, 9.17) is 9.84 Å². The van der Waals surface area contributed by atoms with Crippen LogP contribution in [-0.2, 0) is 16.0 Å². The number of carbonyl (C=O) groups is 1. The van der Waals surface area contributed by atoms with Crippen molar-refractivity contribution in [3.05, 3.63) is 35.6 Å². The fraction of sp³-hybridized carbons (Fsp3) is 0.500. The molecule has 4 nitrogen and oxygen atoms in total. The second-order valence-electron chi connectivity index (χ2n) is 4.90. The Morgan fingerprint density at radius 3 is 3.11 bits per heavy atom. The van der Waals surface area contributed by atoms with Gasteiger partial charge in [0, 0.05) is 13.1 Å². The topological polar surface area (TPSA) is 49.8 Å². The van der Waals surface area contributed by atoms with E-state index < -0.39 is 5.97 Å². The predicted octanol–water partition coefficient (Wildman–Crippen LogP) is 1.40. The fourth-order valence-corrected chi connectivity index (χ4v) is 2.41. The molecule has 0 bridgehead atoms. The van der Waals surface area contributed by atoms with E-state index in [9.17, 15) is 9.18 Å². The van der Waals surface area contributed by atoms with Gasteiger partial charge in [-0.2, -0.15) is 0 Å². The average molecular weight is 267 g/mol. The van der Waals surface area contributed by atoms with E-state index in [0.717, 1.165) is 5.56 Å². The van der Waals surface area contributed by atoms with Crippen molar-refractivity contribution in [3.63, 3.8) is 0 Å². The SMILES string of the molecule is O=C(O)CN1CCOCC(Cc2cccc(F)c2)C1. The first-order valence-corrected chi connectivity index (χ1v) is 6.40. The van der Waals surface area contributed by atoms with Crippen LogP contribution >= 0.6 is 0 Å². The first-order valence-electron chi connectivity index (χ1n) is 6.40. The lowest BCUT2D eigenvalue weighted by Gasteiger charge is -2.21. The molecule has 0 aromatic heterocycles. The summed E-state index contributed by atoms with van der Waals surface area (Å²) in [5, 5.41) is 8.84. The van der Waals surface area contributed by atoms with Crippen molar-refractivity contribution in [3.8, 4) is 0 Å². The van der Waals surface area contributed by atoms with E-state index >= 15 is 0 Å². The molecule has 1 atom stereocenters. The van der Waals surface area contributed by atoms with Gasteiger partial charge in [0.2, 0.25) is 0 Å². The molecule has 1 aromatic carbocycles. The van der Waals surface area contributed by atoms with E-state index in [-0.39, 0.29) is 18.3 Å². The largest absolute Gasteiger partial charge is 0.480 e. The highest BCUT2D eigenvalue weighted by molar-refractivity contribution is 5.69. The molecule has 1 fully saturated rings. The van der Waals surface area contributed by atoms with Crippen molar-refractivity contribution in [2.45, 2.75) is 6.42 Å². The molecular weight excluding hydrogens is 249 g/mol. The van der Waals surface area contributed by atoms with Crippen LogP contribution in [-0.4, -0.2) is 48.8 Å². The zero-order valence-electron chi connectivity index (χ0n) is 10.7. The summed E-state index contributed by atoms with van der Waals surface area (Å²) < 4.78 is 18.6. The molecule has 1 aliphatic heterocycles. The van der Waals surface area contributed by atoms with E-state index in [2.05, 4.69) is 0 Å². The summed E-state index contributed by atoms with van der Waals surface area (Å²) >= 11 is 0. The Morgan fingerprint density at radius 2 is 2.37 bits per heavy atom. The van der Waals surface area contributed by atoms with Crippen LogP contribution in [0.3, 0.4) is 0 Å². The van der Waals surface area contributed by atoms with Gasteiger partial charge in [0.1, 0.15) is 5.82 Å². The molecule has 0 amide bonds. The highest BCUT2D eigenvalue weighted by Crippen LogP contribution is 2.14. The third-order valence-electron chi connectivity index (χ3n) is 3.19. The molecule has 1 unspecified atom stereocenters. The van der Waals surface area contributed by atoms with Crippen LogP contribution in [0.25, 0.3) is 0 Å². The van der Waals surface area contributed by atoms with Gasteiger partial charge < -0.3 is 9.84 Å². The Bertz CT molecular complexity index is 438. The van der Waals surface area contributed by atoms with Gasteiger partial charge in [-0.1, -0.05) is 12.1 Å². The molecule has 0 saturated carbocycles. The van der Waals surface area contributed by atoms with Gasteiger partial charge in [0.15, 0.2) is 0 Å². The standard InChI is InChI=1S/C14H18FNO3/c15-13-3-1-2-11(7-13)6-12-8-16(9-14(17)18)4-5-19-10-12/h1-3,7,12H,4-6,8-10H2,(H,17,18). The van der Waals surface area contributed by atoms with Crippen molar-refractivity contribution < 1.29 is 19.0 Å². The minimum Gasteiger partial charge on any atom is -0.480 e. The Labute approximate surface area is 111 Å². The van der Waals surface area contributed by atoms with Crippen LogP contribution in [0.4, 0.5) is 4.39 Å². The number of rotatable bonds is 4. The monoisotopic (exact) mass is 267 g/mol. The van der Waals surface area contributed by atoms with Crippen LogP contribution in [0, 0.1) is 11.7 Å². The first kappa shape index (κ1) is 14.0. The third kappa shape index (κ3) is 4.61. The third-order valence-corrected chi connectivity index (χ3v) is 3.19. The van der Waals surface area contributed by atoms with Crippen molar-refractivity contribution in [2.24, 2.45) is 5.92 Å². The van der Waals surface area contributed by atoms with E-state index in [1.54, 1.807) is 6.07 Å². The van der Waals surface area contributed by atoms with Gasteiger partial charge in [0.25, 0.3) is 0 Å². The lowest BCUT2D eigenvalue weighted by molar-refractivity contribution is -0.138. The normalized spacial score (nSPS) is 21.0. The smallest absolute Gasteiger partial charge is 0.317 e. The lowest BCUT2D eigenvalue weighted by Crippen LogP contribution is -2.35. The quantitative estimate of drug-likeness (QED) is 0.896.